The van der Waals surface area contributed by atoms with Crippen molar-refractivity contribution in [2.45, 2.75) is 19.3 Å². The summed E-state index contributed by atoms with van der Waals surface area (Å²) in [6.07, 6.45) is 4.18. The van der Waals surface area contributed by atoms with E-state index in [9.17, 15) is 0 Å². The first-order valence-corrected chi connectivity index (χ1v) is 7.95. The first-order chi connectivity index (χ1) is 10.1. The zero-order valence-corrected chi connectivity index (χ0v) is 13.7. The van der Waals surface area contributed by atoms with Gasteiger partial charge in [-0.2, -0.15) is 0 Å². The number of aromatic nitrogens is 1. The summed E-state index contributed by atoms with van der Waals surface area (Å²) in [5.74, 6) is 0. The van der Waals surface area contributed by atoms with E-state index in [0.717, 1.165) is 4.47 Å². The van der Waals surface area contributed by atoms with E-state index in [-0.39, 0.29) is 5.41 Å². The minimum Gasteiger partial charge on any atom is -0.324 e. The van der Waals surface area contributed by atoms with Gasteiger partial charge in [0.25, 0.3) is 0 Å². The highest BCUT2D eigenvalue weighted by molar-refractivity contribution is 9.10. The summed E-state index contributed by atoms with van der Waals surface area (Å²) in [4.78, 5) is 0. The van der Waals surface area contributed by atoms with Crippen molar-refractivity contribution in [3.63, 3.8) is 0 Å². The molecule has 21 heavy (non-hydrogen) atoms. The molecule has 104 valence electrons. The number of rotatable bonds is 1. The van der Waals surface area contributed by atoms with Crippen LogP contribution in [0.25, 0.3) is 16.8 Å². The highest BCUT2D eigenvalue weighted by Crippen LogP contribution is 2.49. The van der Waals surface area contributed by atoms with E-state index in [4.69, 9.17) is 0 Å². The lowest BCUT2D eigenvalue weighted by atomic mass is 9.82. The maximum Gasteiger partial charge on any atom is 0.0452 e. The molecule has 2 aromatic carbocycles. The molecule has 1 aromatic heterocycles. The fourth-order valence-corrected chi connectivity index (χ4v) is 3.73. The second-order valence-electron chi connectivity index (χ2n) is 6.14. The van der Waals surface area contributed by atoms with Crippen LogP contribution in [-0.4, -0.2) is 4.57 Å². The van der Waals surface area contributed by atoms with Gasteiger partial charge in [0.1, 0.15) is 0 Å². The maximum atomic E-state index is 3.60. The summed E-state index contributed by atoms with van der Waals surface area (Å²) in [6, 6.07) is 17.5. The van der Waals surface area contributed by atoms with Gasteiger partial charge in [-0.15, -0.1) is 0 Å². The summed E-state index contributed by atoms with van der Waals surface area (Å²) in [5.41, 5.74) is 6.78. The van der Waals surface area contributed by atoms with E-state index in [1.54, 1.807) is 0 Å². The van der Waals surface area contributed by atoms with E-state index >= 15 is 0 Å². The molecule has 1 nitrogen and oxygen atoms in total. The van der Waals surface area contributed by atoms with Gasteiger partial charge in [0, 0.05) is 28.0 Å². The minimum atomic E-state index is 0.0393. The summed E-state index contributed by atoms with van der Waals surface area (Å²) in [7, 11) is 0. The van der Waals surface area contributed by atoms with E-state index in [1.807, 2.05) is 0 Å². The van der Waals surface area contributed by atoms with Crippen LogP contribution in [0.15, 0.2) is 65.4 Å². The van der Waals surface area contributed by atoms with Crippen LogP contribution in [0.5, 0.6) is 0 Å². The fraction of sp³-hybridized carbons (Fsp3) is 0.158. The molecular weight excluding hydrogens is 322 g/mol. The number of hydrogen-bond acceptors (Lipinski definition) is 0. The van der Waals surface area contributed by atoms with Gasteiger partial charge < -0.3 is 4.57 Å². The van der Waals surface area contributed by atoms with Gasteiger partial charge in [-0.1, -0.05) is 41.9 Å². The zero-order chi connectivity index (χ0) is 14.6. The molecule has 1 aliphatic rings. The third-order valence-electron chi connectivity index (χ3n) is 4.52. The number of benzene rings is 2. The van der Waals surface area contributed by atoms with Crippen LogP contribution in [0.3, 0.4) is 0 Å². The zero-order valence-electron chi connectivity index (χ0n) is 12.1. The number of nitrogens with zero attached hydrogens (tertiary/aromatic N) is 1. The molecule has 0 fully saturated rings. The van der Waals surface area contributed by atoms with E-state index in [2.05, 4.69) is 95.3 Å². The third kappa shape index (κ3) is 1.82. The molecule has 0 radical (unpaired) electrons. The van der Waals surface area contributed by atoms with Gasteiger partial charge in [0.2, 0.25) is 0 Å². The number of fused-ring (bicyclic) bond motifs is 3. The number of halogens is 1. The van der Waals surface area contributed by atoms with Crippen molar-refractivity contribution in [1.29, 1.82) is 0 Å². The van der Waals surface area contributed by atoms with Gasteiger partial charge in [-0.3, -0.25) is 0 Å². The Kier molecular flexibility index (Phi) is 2.67. The van der Waals surface area contributed by atoms with Crippen molar-refractivity contribution < 1.29 is 0 Å². The van der Waals surface area contributed by atoms with Crippen molar-refractivity contribution >= 4 is 15.9 Å². The Morgan fingerprint density at radius 2 is 1.48 bits per heavy atom. The first-order valence-electron chi connectivity index (χ1n) is 7.16. The third-order valence-corrected chi connectivity index (χ3v) is 5.02. The van der Waals surface area contributed by atoms with Crippen LogP contribution >= 0.6 is 15.9 Å². The molecule has 0 aliphatic heterocycles. The largest absolute Gasteiger partial charge is 0.324 e. The Bertz CT molecular complexity index is 829. The van der Waals surface area contributed by atoms with Crippen molar-refractivity contribution in [3.8, 4) is 16.8 Å². The molecule has 3 aromatic rings. The molecular formula is C19H16BrN. The van der Waals surface area contributed by atoms with Crippen molar-refractivity contribution in [1.82, 2.24) is 4.57 Å². The van der Waals surface area contributed by atoms with Crippen LogP contribution < -0.4 is 0 Å². The van der Waals surface area contributed by atoms with Crippen LogP contribution in [0.2, 0.25) is 0 Å². The molecule has 4 rings (SSSR count). The van der Waals surface area contributed by atoms with Gasteiger partial charge in [-0.25, -0.2) is 0 Å². The molecule has 0 amide bonds. The van der Waals surface area contributed by atoms with E-state index < -0.39 is 0 Å². The molecule has 0 unspecified atom stereocenters. The van der Waals surface area contributed by atoms with Crippen molar-refractivity contribution in [3.05, 3.63) is 76.5 Å². The molecule has 0 bridgehead atoms. The van der Waals surface area contributed by atoms with Crippen LogP contribution in [0, 0.1) is 0 Å². The Labute approximate surface area is 133 Å². The lowest BCUT2D eigenvalue weighted by Crippen LogP contribution is -2.15. The fourth-order valence-electron chi connectivity index (χ4n) is 3.36. The molecule has 2 heteroatoms. The average Bonchev–Trinajstić information content (AvgIpc) is 3.06. The summed E-state index contributed by atoms with van der Waals surface area (Å²) >= 11 is 3.60. The Balaban J connectivity index is 1.96. The molecule has 0 atom stereocenters. The molecule has 0 N–H and O–H groups in total. The highest BCUT2D eigenvalue weighted by Gasteiger charge is 2.35. The van der Waals surface area contributed by atoms with Gasteiger partial charge in [0.15, 0.2) is 0 Å². The maximum absolute atomic E-state index is 3.60. The van der Waals surface area contributed by atoms with Crippen molar-refractivity contribution in [2.24, 2.45) is 0 Å². The average molecular weight is 338 g/mol. The van der Waals surface area contributed by atoms with E-state index in [1.165, 1.54) is 27.9 Å². The highest BCUT2D eigenvalue weighted by atomic mass is 79.9. The standard InChI is InChI=1S/C19H16BrN/c1-19(2)17-11-13(20)5-7-15(17)16-8-6-14(12-18(16)19)21-9-3-4-10-21/h3-12H,1-2H3. The lowest BCUT2D eigenvalue weighted by molar-refractivity contribution is 0.659. The second kappa shape index (κ2) is 4.35. The molecule has 0 saturated heterocycles. The van der Waals surface area contributed by atoms with Gasteiger partial charge in [0.05, 0.1) is 0 Å². The summed E-state index contributed by atoms with van der Waals surface area (Å²) in [5, 5.41) is 0. The van der Waals surface area contributed by atoms with Gasteiger partial charge >= 0.3 is 0 Å². The van der Waals surface area contributed by atoms with Gasteiger partial charge in [-0.05, 0) is 58.7 Å². The first kappa shape index (κ1) is 12.9. The second-order valence-corrected chi connectivity index (χ2v) is 7.05. The minimum absolute atomic E-state index is 0.0393. The van der Waals surface area contributed by atoms with Crippen LogP contribution in [-0.2, 0) is 5.41 Å². The number of hydrogen-bond donors (Lipinski definition) is 0. The molecule has 0 saturated carbocycles. The summed E-state index contributed by atoms with van der Waals surface area (Å²) in [6.45, 7) is 4.62. The Morgan fingerprint density at radius 1 is 0.857 bits per heavy atom. The normalized spacial score (nSPS) is 14.8. The van der Waals surface area contributed by atoms with Crippen LogP contribution in [0.4, 0.5) is 0 Å². The van der Waals surface area contributed by atoms with E-state index in [0.29, 0.717) is 0 Å². The summed E-state index contributed by atoms with van der Waals surface area (Å²) < 4.78 is 3.31. The molecule has 1 heterocycles. The monoisotopic (exact) mass is 337 g/mol. The Hall–Kier alpha value is -1.80. The quantitative estimate of drug-likeness (QED) is 0.548. The predicted molar refractivity (Wildman–Crippen MR) is 91.0 cm³/mol. The predicted octanol–water partition coefficient (Wildman–Crippen LogP) is 5.55. The molecule has 0 spiro atoms. The lowest BCUT2D eigenvalue weighted by Gasteiger charge is -2.22. The SMILES string of the molecule is CC1(C)c2cc(Br)ccc2-c2ccc(-n3cccc3)cc21. The van der Waals surface area contributed by atoms with Crippen molar-refractivity contribution in [2.75, 3.05) is 0 Å². The van der Waals surface area contributed by atoms with Crippen LogP contribution in [0.1, 0.15) is 25.0 Å². The topological polar surface area (TPSA) is 4.93 Å². The Morgan fingerprint density at radius 3 is 2.19 bits per heavy atom. The smallest absolute Gasteiger partial charge is 0.0452 e. The molecule has 1 aliphatic carbocycles.